The second kappa shape index (κ2) is 7.62. The van der Waals surface area contributed by atoms with E-state index in [0.29, 0.717) is 11.9 Å². The first-order chi connectivity index (χ1) is 11.7. The minimum absolute atomic E-state index is 0.0718. The number of hydrogen-bond acceptors (Lipinski definition) is 4. The maximum atomic E-state index is 12.6. The highest BCUT2D eigenvalue weighted by atomic mass is 16.5. The molecular formula is C19H25N3O2. The number of pyridine rings is 1. The van der Waals surface area contributed by atoms with Crippen LogP contribution in [-0.2, 0) is 4.79 Å². The first kappa shape index (κ1) is 16.7. The second-order valence-corrected chi connectivity index (χ2v) is 6.34. The molecule has 0 saturated heterocycles. The molecule has 0 bridgehead atoms. The fourth-order valence-electron chi connectivity index (χ4n) is 3.44. The van der Waals surface area contributed by atoms with Crippen molar-refractivity contribution in [3.63, 3.8) is 0 Å². The Morgan fingerprint density at radius 3 is 2.75 bits per heavy atom. The molecule has 128 valence electrons. The van der Waals surface area contributed by atoms with Crippen LogP contribution in [-0.4, -0.2) is 30.6 Å². The number of nitrogens with one attached hydrogen (secondary N) is 2. The number of amides is 1. The molecule has 5 nitrogen and oxygen atoms in total. The minimum Gasteiger partial charge on any atom is -0.497 e. The number of carbonyl (C=O) groups excluding carboxylic acids is 1. The van der Waals surface area contributed by atoms with Crippen LogP contribution in [0.15, 0.2) is 30.5 Å². The first-order valence-corrected chi connectivity index (χ1v) is 8.68. The third kappa shape index (κ3) is 3.67. The smallest absolute Gasteiger partial charge is 0.228 e. The van der Waals surface area contributed by atoms with Crippen LogP contribution in [0.25, 0.3) is 10.8 Å². The SMILES string of the molecule is CCNC1CCC(C(=O)Nc2nccc3ccc(OC)cc23)CC1. The Labute approximate surface area is 142 Å². The van der Waals surface area contributed by atoms with Gasteiger partial charge in [-0.15, -0.1) is 0 Å². The summed E-state index contributed by atoms with van der Waals surface area (Å²) in [6, 6.07) is 8.30. The molecule has 1 aliphatic rings. The maximum absolute atomic E-state index is 12.6. The summed E-state index contributed by atoms with van der Waals surface area (Å²) in [5.41, 5.74) is 0. The zero-order valence-corrected chi connectivity index (χ0v) is 14.3. The molecule has 1 fully saturated rings. The lowest BCUT2D eigenvalue weighted by atomic mass is 9.85. The molecule has 1 saturated carbocycles. The normalized spacial score (nSPS) is 20.8. The molecule has 1 amide bonds. The van der Waals surface area contributed by atoms with E-state index in [9.17, 15) is 4.79 Å². The summed E-state index contributed by atoms with van der Waals surface area (Å²) < 4.78 is 5.29. The van der Waals surface area contributed by atoms with Crippen LogP contribution in [0.5, 0.6) is 5.75 Å². The van der Waals surface area contributed by atoms with Gasteiger partial charge in [0, 0.05) is 23.5 Å². The lowest BCUT2D eigenvalue weighted by Gasteiger charge is -2.28. The summed E-state index contributed by atoms with van der Waals surface area (Å²) >= 11 is 0. The van der Waals surface area contributed by atoms with Crippen LogP contribution in [0.1, 0.15) is 32.6 Å². The van der Waals surface area contributed by atoms with E-state index in [1.807, 2.05) is 24.3 Å². The standard InChI is InChI=1S/C19H25N3O2/c1-3-20-15-7-4-14(5-8-15)19(23)22-18-17-12-16(24-2)9-6-13(17)10-11-21-18/h6,9-12,14-15,20H,3-5,7-8H2,1-2H3,(H,21,22,23). The van der Waals surface area contributed by atoms with Crippen LogP contribution in [0, 0.1) is 5.92 Å². The van der Waals surface area contributed by atoms with E-state index in [2.05, 4.69) is 22.5 Å². The Balaban J connectivity index is 1.72. The van der Waals surface area contributed by atoms with E-state index in [4.69, 9.17) is 4.74 Å². The lowest BCUT2D eigenvalue weighted by Crippen LogP contribution is -2.36. The lowest BCUT2D eigenvalue weighted by molar-refractivity contribution is -0.120. The molecule has 1 aliphatic carbocycles. The number of hydrogen-bond donors (Lipinski definition) is 2. The summed E-state index contributed by atoms with van der Waals surface area (Å²) in [6.45, 7) is 3.11. The van der Waals surface area contributed by atoms with E-state index < -0.39 is 0 Å². The van der Waals surface area contributed by atoms with Crippen molar-refractivity contribution < 1.29 is 9.53 Å². The van der Waals surface area contributed by atoms with Crippen molar-refractivity contribution in [2.45, 2.75) is 38.6 Å². The van der Waals surface area contributed by atoms with Gasteiger partial charge in [-0.25, -0.2) is 4.98 Å². The Morgan fingerprint density at radius 2 is 2.04 bits per heavy atom. The average Bonchev–Trinajstić information content (AvgIpc) is 2.62. The Morgan fingerprint density at radius 1 is 1.25 bits per heavy atom. The zero-order chi connectivity index (χ0) is 16.9. The molecule has 3 rings (SSSR count). The van der Waals surface area contributed by atoms with Crippen molar-refractivity contribution in [1.82, 2.24) is 10.3 Å². The molecule has 1 heterocycles. The van der Waals surface area contributed by atoms with Gasteiger partial charge in [0.1, 0.15) is 11.6 Å². The number of nitrogens with zero attached hydrogens (tertiary/aromatic N) is 1. The van der Waals surface area contributed by atoms with Crippen LogP contribution in [0.4, 0.5) is 5.82 Å². The predicted molar refractivity (Wildman–Crippen MR) is 96.3 cm³/mol. The number of aromatic nitrogens is 1. The summed E-state index contributed by atoms with van der Waals surface area (Å²) in [5, 5.41) is 8.45. The fraction of sp³-hybridized carbons (Fsp3) is 0.474. The third-order valence-corrected chi connectivity index (χ3v) is 4.81. The molecule has 0 spiro atoms. The molecule has 2 aromatic rings. The molecule has 5 heteroatoms. The molecule has 0 aliphatic heterocycles. The maximum Gasteiger partial charge on any atom is 0.228 e. The highest BCUT2D eigenvalue weighted by Gasteiger charge is 2.26. The number of benzene rings is 1. The highest BCUT2D eigenvalue weighted by Crippen LogP contribution is 2.28. The molecule has 1 aromatic heterocycles. The van der Waals surface area contributed by atoms with Crippen molar-refractivity contribution in [2.75, 3.05) is 19.0 Å². The summed E-state index contributed by atoms with van der Waals surface area (Å²) in [4.78, 5) is 17.0. The Bertz CT molecular complexity index is 709. The van der Waals surface area contributed by atoms with Crippen LogP contribution < -0.4 is 15.4 Å². The molecule has 0 radical (unpaired) electrons. The first-order valence-electron chi connectivity index (χ1n) is 8.68. The zero-order valence-electron chi connectivity index (χ0n) is 14.3. The quantitative estimate of drug-likeness (QED) is 0.884. The van der Waals surface area contributed by atoms with E-state index in [0.717, 1.165) is 48.8 Å². The van der Waals surface area contributed by atoms with Gasteiger partial charge < -0.3 is 15.4 Å². The van der Waals surface area contributed by atoms with Gasteiger partial charge in [-0.2, -0.15) is 0 Å². The molecule has 0 atom stereocenters. The monoisotopic (exact) mass is 327 g/mol. The molecule has 2 N–H and O–H groups in total. The van der Waals surface area contributed by atoms with E-state index >= 15 is 0 Å². The summed E-state index contributed by atoms with van der Waals surface area (Å²) in [6.07, 6.45) is 5.70. The van der Waals surface area contributed by atoms with Gasteiger partial charge in [-0.1, -0.05) is 13.0 Å². The highest BCUT2D eigenvalue weighted by molar-refractivity contribution is 6.01. The van der Waals surface area contributed by atoms with Crippen molar-refractivity contribution >= 4 is 22.5 Å². The Kier molecular flexibility index (Phi) is 5.30. The van der Waals surface area contributed by atoms with Gasteiger partial charge in [-0.05, 0) is 55.8 Å². The van der Waals surface area contributed by atoms with E-state index in [-0.39, 0.29) is 11.8 Å². The topological polar surface area (TPSA) is 63.2 Å². The number of methoxy groups -OCH3 is 1. The summed E-state index contributed by atoms with van der Waals surface area (Å²) in [7, 11) is 1.64. The van der Waals surface area contributed by atoms with Crippen molar-refractivity contribution in [3.8, 4) is 5.75 Å². The van der Waals surface area contributed by atoms with E-state index in [1.54, 1.807) is 13.3 Å². The van der Waals surface area contributed by atoms with Crippen molar-refractivity contribution in [3.05, 3.63) is 30.5 Å². The number of ether oxygens (including phenoxy) is 1. The largest absolute Gasteiger partial charge is 0.497 e. The minimum atomic E-state index is 0.0718. The molecule has 0 unspecified atom stereocenters. The van der Waals surface area contributed by atoms with E-state index in [1.165, 1.54) is 0 Å². The van der Waals surface area contributed by atoms with Crippen molar-refractivity contribution in [2.24, 2.45) is 5.92 Å². The number of anilines is 1. The third-order valence-electron chi connectivity index (χ3n) is 4.81. The van der Waals surface area contributed by atoms with Gasteiger partial charge in [-0.3, -0.25) is 4.79 Å². The number of carbonyl (C=O) groups is 1. The number of rotatable bonds is 5. The second-order valence-electron chi connectivity index (χ2n) is 6.34. The van der Waals surface area contributed by atoms with Crippen LogP contribution in [0.2, 0.25) is 0 Å². The molecular weight excluding hydrogens is 302 g/mol. The molecule has 24 heavy (non-hydrogen) atoms. The predicted octanol–water partition coefficient (Wildman–Crippen LogP) is 3.35. The van der Waals surface area contributed by atoms with Crippen LogP contribution >= 0.6 is 0 Å². The van der Waals surface area contributed by atoms with Gasteiger partial charge >= 0.3 is 0 Å². The van der Waals surface area contributed by atoms with Gasteiger partial charge in [0.15, 0.2) is 0 Å². The fourth-order valence-corrected chi connectivity index (χ4v) is 3.44. The average molecular weight is 327 g/mol. The van der Waals surface area contributed by atoms with Crippen molar-refractivity contribution in [1.29, 1.82) is 0 Å². The van der Waals surface area contributed by atoms with Gasteiger partial charge in [0.05, 0.1) is 7.11 Å². The number of fused-ring (bicyclic) bond motifs is 1. The van der Waals surface area contributed by atoms with Gasteiger partial charge in [0.2, 0.25) is 5.91 Å². The Hall–Kier alpha value is -2.14. The van der Waals surface area contributed by atoms with Gasteiger partial charge in [0.25, 0.3) is 0 Å². The van der Waals surface area contributed by atoms with Crippen LogP contribution in [0.3, 0.4) is 0 Å². The molecule has 1 aromatic carbocycles. The summed E-state index contributed by atoms with van der Waals surface area (Å²) in [5.74, 6) is 1.53.